The van der Waals surface area contributed by atoms with Crippen LogP contribution in [0.25, 0.3) is 11.0 Å². The molecule has 216 valence electrons. The SMILES string of the molecule is [2H]CCC(OP(CCC#N)OC[C@H]1O[C@@H](C)C(C)[C@H]1OC(C)(C)C)c1cc(=O)oc2cc(N(CC)CC)ccc12. The minimum absolute atomic E-state index is 0.0272. The van der Waals surface area contributed by atoms with Crippen molar-refractivity contribution in [1.82, 2.24) is 0 Å². The van der Waals surface area contributed by atoms with E-state index in [1.165, 1.54) is 6.07 Å². The first kappa shape index (κ1) is 30.0. The molecule has 1 fully saturated rings. The summed E-state index contributed by atoms with van der Waals surface area (Å²) in [6.07, 6.45) is 0.122. The van der Waals surface area contributed by atoms with Gasteiger partial charge in [-0.25, -0.2) is 4.79 Å². The van der Waals surface area contributed by atoms with Crippen LogP contribution in [0.1, 0.15) is 81.2 Å². The minimum atomic E-state index is -1.51. The van der Waals surface area contributed by atoms with Crippen molar-refractivity contribution >= 4 is 25.0 Å². The molecule has 1 saturated heterocycles. The van der Waals surface area contributed by atoms with Crippen molar-refractivity contribution in [2.75, 3.05) is 30.8 Å². The van der Waals surface area contributed by atoms with Crippen LogP contribution in [0.5, 0.6) is 0 Å². The summed E-state index contributed by atoms with van der Waals surface area (Å²) in [5.74, 6) is 0.200. The summed E-state index contributed by atoms with van der Waals surface area (Å²) >= 11 is 0. The molecule has 1 aliphatic rings. The predicted octanol–water partition coefficient (Wildman–Crippen LogP) is 6.96. The monoisotopic (exact) mass is 561 g/mol. The van der Waals surface area contributed by atoms with Gasteiger partial charge in [-0.3, -0.25) is 0 Å². The number of hydrogen-bond donors (Lipinski definition) is 0. The highest BCUT2D eigenvalue weighted by Gasteiger charge is 2.43. The highest BCUT2D eigenvalue weighted by atomic mass is 31.2. The molecule has 2 aromatic rings. The van der Waals surface area contributed by atoms with E-state index in [1.54, 1.807) is 0 Å². The van der Waals surface area contributed by atoms with Crippen LogP contribution >= 0.6 is 8.38 Å². The summed E-state index contributed by atoms with van der Waals surface area (Å²) in [6, 6.07) is 9.48. The van der Waals surface area contributed by atoms with Crippen LogP contribution in [0.4, 0.5) is 5.69 Å². The van der Waals surface area contributed by atoms with Crippen LogP contribution < -0.4 is 10.5 Å². The van der Waals surface area contributed by atoms with E-state index in [2.05, 4.69) is 31.7 Å². The maximum Gasteiger partial charge on any atom is 0.336 e. The Kier molecular flexibility index (Phi) is 10.8. The summed E-state index contributed by atoms with van der Waals surface area (Å²) in [6.45, 7) is 16.5. The van der Waals surface area contributed by atoms with Gasteiger partial charge in [0, 0.05) is 56.2 Å². The number of rotatable bonds is 13. The molecule has 8 nitrogen and oxygen atoms in total. The number of fused-ring (bicyclic) bond motifs is 1. The smallest absolute Gasteiger partial charge is 0.336 e. The van der Waals surface area contributed by atoms with Crippen molar-refractivity contribution in [2.24, 2.45) is 5.92 Å². The summed E-state index contributed by atoms with van der Waals surface area (Å²) in [5.41, 5.74) is 1.34. The lowest BCUT2D eigenvalue weighted by Gasteiger charge is -2.31. The maximum absolute atomic E-state index is 12.6. The number of ether oxygens (including phenoxy) is 2. The molecule has 0 spiro atoms. The molecule has 1 aliphatic heterocycles. The first-order valence-corrected chi connectivity index (χ1v) is 15.3. The molecule has 3 unspecified atom stereocenters. The molecule has 0 N–H and O–H groups in total. The van der Waals surface area contributed by atoms with Gasteiger partial charge in [0.25, 0.3) is 0 Å². The zero-order valence-corrected chi connectivity index (χ0v) is 25.3. The van der Waals surface area contributed by atoms with E-state index in [1.807, 2.05) is 45.9 Å². The van der Waals surface area contributed by atoms with Gasteiger partial charge >= 0.3 is 5.63 Å². The molecule has 39 heavy (non-hydrogen) atoms. The van der Waals surface area contributed by atoms with Crippen molar-refractivity contribution in [2.45, 2.75) is 98.2 Å². The molecule has 3 rings (SSSR count). The fourth-order valence-electron chi connectivity index (χ4n) is 4.89. The Morgan fingerprint density at radius 3 is 2.62 bits per heavy atom. The van der Waals surface area contributed by atoms with Crippen molar-refractivity contribution in [3.05, 3.63) is 40.2 Å². The van der Waals surface area contributed by atoms with Crippen LogP contribution in [-0.4, -0.2) is 49.8 Å². The standard InChI is InChI=1S/C30H45N2O6P/c1-9-25(24-18-28(33)36-26-17-22(13-14-23(24)26)32(10-2)11-3)38-39(16-12-15-31)34-19-27-29(37-30(6,7)8)20(4)21(5)35-27/h13-14,17-18,20-21,25,27,29H,9-12,16,19H2,1-8H3/t20?,21-,25?,27+,29+,39?/m0/s1/i1D. The molecule has 1 aromatic heterocycles. The Bertz CT molecular complexity index is 1190. The minimum Gasteiger partial charge on any atom is -0.423 e. The number of nitriles is 1. The normalized spacial score (nSPS) is 23.4. The Morgan fingerprint density at radius 1 is 1.23 bits per heavy atom. The second kappa shape index (κ2) is 14.1. The second-order valence-corrected chi connectivity index (χ2v) is 12.5. The Morgan fingerprint density at radius 2 is 1.97 bits per heavy atom. The molecule has 1 aromatic carbocycles. The number of benzene rings is 1. The molecule has 9 heteroatoms. The fraction of sp³-hybridized carbons (Fsp3) is 0.667. The van der Waals surface area contributed by atoms with E-state index < -0.39 is 20.1 Å². The lowest BCUT2D eigenvalue weighted by Crippen LogP contribution is -2.38. The van der Waals surface area contributed by atoms with Gasteiger partial charge < -0.3 is 27.8 Å². The Labute approximate surface area is 235 Å². The van der Waals surface area contributed by atoms with Crippen LogP contribution in [-0.2, 0) is 18.5 Å². The van der Waals surface area contributed by atoms with Crippen molar-refractivity contribution in [3.63, 3.8) is 0 Å². The summed E-state index contributed by atoms with van der Waals surface area (Å²) in [7, 11) is -1.51. The average Bonchev–Trinajstić information content (AvgIpc) is 3.16. The predicted molar refractivity (Wildman–Crippen MR) is 156 cm³/mol. The van der Waals surface area contributed by atoms with E-state index in [4.69, 9.17) is 24.3 Å². The van der Waals surface area contributed by atoms with Crippen LogP contribution in [0.2, 0.25) is 0 Å². The first-order chi connectivity index (χ1) is 19.0. The van der Waals surface area contributed by atoms with E-state index in [9.17, 15) is 10.1 Å². The van der Waals surface area contributed by atoms with Gasteiger partial charge in [-0.15, -0.1) is 0 Å². The molecule has 0 saturated carbocycles. The Balaban J connectivity index is 1.86. The summed E-state index contributed by atoms with van der Waals surface area (Å²) in [4.78, 5) is 14.8. The molecular formula is C30H45N2O6P. The lowest BCUT2D eigenvalue weighted by atomic mass is 9.98. The van der Waals surface area contributed by atoms with Gasteiger partial charge in [-0.05, 0) is 65.7 Å². The zero-order chi connectivity index (χ0) is 29.4. The average molecular weight is 562 g/mol. The van der Waals surface area contributed by atoms with E-state index >= 15 is 0 Å². The highest BCUT2D eigenvalue weighted by molar-refractivity contribution is 7.47. The van der Waals surface area contributed by atoms with Crippen molar-refractivity contribution in [1.29, 1.82) is 5.26 Å². The van der Waals surface area contributed by atoms with Crippen LogP contribution in [0, 0.1) is 17.2 Å². The number of anilines is 1. The van der Waals surface area contributed by atoms with Gasteiger partial charge in [-0.2, -0.15) is 5.26 Å². The lowest BCUT2D eigenvalue weighted by molar-refractivity contribution is -0.105. The highest BCUT2D eigenvalue weighted by Crippen LogP contribution is 2.47. The Hall–Kier alpha value is -2.01. The molecule has 2 heterocycles. The first-order valence-electron chi connectivity index (χ1n) is 14.6. The molecule has 6 atom stereocenters. The van der Waals surface area contributed by atoms with E-state index in [0.717, 1.165) is 24.2 Å². The van der Waals surface area contributed by atoms with Gasteiger partial charge in [0.15, 0.2) is 8.38 Å². The number of hydrogen-bond acceptors (Lipinski definition) is 8. The van der Waals surface area contributed by atoms with Crippen LogP contribution in [0.3, 0.4) is 0 Å². The third-order valence-corrected chi connectivity index (χ3v) is 8.55. The largest absolute Gasteiger partial charge is 0.423 e. The molecular weight excluding hydrogens is 515 g/mol. The molecule has 0 bridgehead atoms. The van der Waals surface area contributed by atoms with Gasteiger partial charge in [-0.1, -0.05) is 13.8 Å². The number of nitrogens with zero attached hydrogens (tertiary/aromatic N) is 2. The van der Waals surface area contributed by atoms with E-state index in [0.29, 0.717) is 23.7 Å². The van der Waals surface area contributed by atoms with Crippen molar-refractivity contribution in [3.8, 4) is 6.07 Å². The maximum atomic E-state index is 12.6. The third kappa shape index (κ3) is 8.25. The topological polar surface area (TPSA) is 94.2 Å². The zero-order valence-electron chi connectivity index (χ0n) is 25.4. The quantitative estimate of drug-likeness (QED) is 0.191. The summed E-state index contributed by atoms with van der Waals surface area (Å²) in [5, 5.41) is 10.1. The van der Waals surface area contributed by atoms with Gasteiger partial charge in [0.05, 0.1) is 36.6 Å². The van der Waals surface area contributed by atoms with Crippen LogP contribution in [0.15, 0.2) is 33.5 Å². The van der Waals surface area contributed by atoms with E-state index in [-0.39, 0.29) is 49.8 Å². The van der Waals surface area contributed by atoms with Gasteiger partial charge in [0.1, 0.15) is 11.7 Å². The molecule has 0 radical (unpaired) electrons. The summed E-state index contributed by atoms with van der Waals surface area (Å²) < 4.78 is 38.9. The third-order valence-electron chi connectivity index (χ3n) is 7.04. The second-order valence-electron chi connectivity index (χ2n) is 11.0. The fourth-order valence-corrected chi connectivity index (χ4v) is 6.28. The van der Waals surface area contributed by atoms with Crippen molar-refractivity contribution < 1.29 is 24.3 Å². The molecule has 0 aliphatic carbocycles. The molecule has 0 amide bonds. The van der Waals surface area contributed by atoms with Gasteiger partial charge in [0.2, 0.25) is 0 Å².